The highest BCUT2D eigenvalue weighted by atomic mass is 35.5. The molecule has 0 bridgehead atoms. The number of hydrogen-bond donors (Lipinski definition) is 1. The zero-order valence-electron chi connectivity index (χ0n) is 15.3. The second-order valence-electron chi connectivity index (χ2n) is 6.25. The lowest BCUT2D eigenvalue weighted by atomic mass is 10.2. The molecule has 0 unspecified atom stereocenters. The molecule has 0 saturated heterocycles. The van der Waals surface area contributed by atoms with Crippen molar-refractivity contribution < 1.29 is 9.18 Å². The summed E-state index contributed by atoms with van der Waals surface area (Å²) >= 11 is 7.44. The van der Waals surface area contributed by atoms with E-state index in [0.29, 0.717) is 27.2 Å². The first-order chi connectivity index (χ1) is 13.9. The van der Waals surface area contributed by atoms with E-state index in [1.807, 2.05) is 0 Å². The first-order valence-electron chi connectivity index (χ1n) is 8.46. The van der Waals surface area contributed by atoms with Crippen molar-refractivity contribution in [1.29, 1.82) is 0 Å². The summed E-state index contributed by atoms with van der Waals surface area (Å²) < 4.78 is 15.0. The molecule has 10 heteroatoms. The average molecular weight is 429 g/mol. The maximum atomic E-state index is 14.3. The van der Waals surface area contributed by atoms with E-state index in [-0.39, 0.29) is 17.2 Å². The molecule has 1 aromatic carbocycles. The van der Waals surface area contributed by atoms with Gasteiger partial charge in [-0.2, -0.15) is 0 Å². The van der Waals surface area contributed by atoms with Gasteiger partial charge in [0.1, 0.15) is 10.8 Å². The molecule has 3 aromatic heterocycles. The lowest BCUT2D eigenvalue weighted by Crippen LogP contribution is -2.23. The second kappa shape index (κ2) is 7.69. The number of anilines is 2. The summed E-state index contributed by atoms with van der Waals surface area (Å²) in [7, 11) is 3.29. The summed E-state index contributed by atoms with van der Waals surface area (Å²) in [6.07, 6.45) is 1.59. The van der Waals surface area contributed by atoms with Crippen LogP contribution >= 0.6 is 22.9 Å². The number of carbonyl (C=O) groups is 1. The first kappa shape index (κ1) is 19.2. The van der Waals surface area contributed by atoms with Crippen LogP contribution in [-0.4, -0.2) is 45.1 Å². The molecule has 1 amide bonds. The number of halogens is 2. The summed E-state index contributed by atoms with van der Waals surface area (Å²) in [4.78, 5) is 22.2. The number of carbonyl (C=O) groups excluding carboxylic acids is 1. The van der Waals surface area contributed by atoms with Crippen molar-refractivity contribution in [3.63, 3.8) is 0 Å². The van der Waals surface area contributed by atoms with E-state index in [9.17, 15) is 9.18 Å². The molecule has 7 nitrogen and oxygen atoms in total. The maximum absolute atomic E-state index is 14.3. The van der Waals surface area contributed by atoms with Crippen molar-refractivity contribution in [2.75, 3.05) is 19.4 Å². The van der Waals surface area contributed by atoms with Crippen LogP contribution < -0.4 is 5.32 Å². The Morgan fingerprint density at radius 1 is 1.17 bits per heavy atom. The van der Waals surface area contributed by atoms with Crippen molar-refractivity contribution >= 4 is 50.7 Å². The van der Waals surface area contributed by atoms with E-state index in [1.165, 1.54) is 22.3 Å². The number of pyridine rings is 1. The quantitative estimate of drug-likeness (QED) is 0.519. The fourth-order valence-electron chi connectivity index (χ4n) is 2.62. The Labute approximate surface area is 174 Å². The zero-order chi connectivity index (χ0) is 20.5. The van der Waals surface area contributed by atoms with Gasteiger partial charge in [0, 0.05) is 20.3 Å². The van der Waals surface area contributed by atoms with E-state index in [4.69, 9.17) is 11.6 Å². The minimum absolute atomic E-state index is 0.237. The Balaban J connectivity index is 1.69. The van der Waals surface area contributed by atoms with E-state index < -0.39 is 5.82 Å². The van der Waals surface area contributed by atoms with Crippen molar-refractivity contribution in [1.82, 2.24) is 25.1 Å². The van der Waals surface area contributed by atoms with Crippen LogP contribution in [-0.2, 0) is 0 Å². The Morgan fingerprint density at radius 3 is 2.69 bits per heavy atom. The standard InChI is InChI=1S/C19H14ClFN6OS/c1-27(2)19(28)13-6-7-14(26-25-13)24-17-16-12(8-9-22-17)23-18(29-16)15-10(20)4-3-5-11(15)21/h3-9H,1-2H3,(H,22,24,26). The van der Waals surface area contributed by atoms with Crippen LogP contribution in [0.3, 0.4) is 0 Å². The molecule has 4 rings (SSSR count). The highest BCUT2D eigenvalue weighted by molar-refractivity contribution is 7.22. The molecule has 146 valence electrons. The zero-order valence-corrected chi connectivity index (χ0v) is 16.9. The summed E-state index contributed by atoms with van der Waals surface area (Å²) in [5.41, 5.74) is 1.14. The summed E-state index contributed by atoms with van der Waals surface area (Å²) in [6.45, 7) is 0. The molecule has 0 aliphatic heterocycles. The van der Waals surface area contributed by atoms with Crippen LogP contribution in [0.4, 0.5) is 16.0 Å². The molecule has 4 aromatic rings. The Bertz CT molecular complexity index is 1190. The molecule has 29 heavy (non-hydrogen) atoms. The van der Waals surface area contributed by atoms with E-state index in [0.717, 1.165) is 4.70 Å². The molecular formula is C19H14ClFN6OS. The predicted molar refractivity (Wildman–Crippen MR) is 111 cm³/mol. The van der Waals surface area contributed by atoms with Gasteiger partial charge >= 0.3 is 0 Å². The van der Waals surface area contributed by atoms with Gasteiger partial charge in [-0.3, -0.25) is 4.79 Å². The molecule has 0 spiro atoms. The molecule has 0 aliphatic rings. The number of nitrogens with zero attached hydrogens (tertiary/aromatic N) is 5. The number of nitrogens with one attached hydrogen (secondary N) is 1. The lowest BCUT2D eigenvalue weighted by molar-refractivity contribution is 0.0821. The normalized spacial score (nSPS) is 10.9. The Morgan fingerprint density at radius 2 is 2.00 bits per heavy atom. The van der Waals surface area contributed by atoms with Gasteiger partial charge in [-0.15, -0.1) is 21.5 Å². The van der Waals surface area contributed by atoms with Crippen molar-refractivity contribution in [3.8, 4) is 10.6 Å². The second-order valence-corrected chi connectivity index (χ2v) is 7.66. The van der Waals surface area contributed by atoms with Crippen LogP contribution in [0.1, 0.15) is 10.5 Å². The third-order valence-electron chi connectivity index (χ3n) is 4.02. The number of benzene rings is 1. The van der Waals surface area contributed by atoms with Gasteiger partial charge in [0.2, 0.25) is 0 Å². The molecule has 0 radical (unpaired) electrons. The number of aromatic nitrogens is 4. The molecule has 0 fully saturated rings. The molecule has 1 N–H and O–H groups in total. The molecule has 3 heterocycles. The topological polar surface area (TPSA) is 83.9 Å². The smallest absolute Gasteiger partial charge is 0.273 e. The number of fused-ring (bicyclic) bond motifs is 1. The summed E-state index contributed by atoms with van der Waals surface area (Å²) in [5.74, 6) is 0.239. The predicted octanol–water partition coefficient (Wildman–Crippen LogP) is 4.39. The molecule has 0 atom stereocenters. The van der Waals surface area contributed by atoms with Gasteiger partial charge in [0.05, 0.1) is 20.8 Å². The van der Waals surface area contributed by atoms with E-state index in [1.54, 1.807) is 50.6 Å². The summed E-state index contributed by atoms with van der Waals surface area (Å²) in [5, 5.41) is 11.8. The van der Waals surface area contributed by atoms with Crippen LogP contribution in [0.25, 0.3) is 20.8 Å². The number of hydrogen-bond acceptors (Lipinski definition) is 7. The monoisotopic (exact) mass is 428 g/mol. The first-order valence-corrected chi connectivity index (χ1v) is 9.66. The fraction of sp³-hybridized carbons (Fsp3) is 0.105. The molecule has 0 aliphatic carbocycles. The summed E-state index contributed by atoms with van der Waals surface area (Å²) in [6, 6.07) is 9.47. The number of thiazole rings is 1. The van der Waals surface area contributed by atoms with Crippen LogP contribution in [0.2, 0.25) is 5.02 Å². The Kier molecular flexibility index (Phi) is 5.08. The number of rotatable bonds is 4. The molecular weight excluding hydrogens is 415 g/mol. The third kappa shape index (κ3) is 3.74. The highest BCUT2D eigenvalue weighted by Gasteiger charge is 2.17. The molecule has 0 saturated carbocycles. The van der Waals surface area contributed by atoms with Gasteiger partial charge in [-0.05, 0) is 30.3 Å². The van der Waals surface area contributed by atoms with E-state index >= 15 is 0 Å². The van der Waals surface area contributed by atoms with E-state index in [2.05, 4.69) is 25.5 Å². The van der Waals surface area contributed by atoms with Crippen molar-refractivity contribution in [2.45, 2.75) is 0 Å². The highest BCUT2D eigenvalue weighted by Crippen LogP contribution is 2.38. The minimum atomic E-state index is -0.439. The van der Waals surface area contributed by atoms with Crippen molar-refractivity contribution in [2.24, 2.45) is 0 Å². The Hall–Kier alpha value is -3.17. The van der Waals surface area contributed by atoms with Crippen LogP contribution in [0, 0.1) is 5.82 Å². The van der Waals surface area contributed by atoms with Crippen LogP contribution in [0.15, 0.2) is 42.6 Å². The van der Waals surface area contributed by atoms with Crippen LogP contribution in [0.5, 0.6) is 0 Å². The fourth-order valence-corrected chi connectivity index (χ4v) is 3.99. The number of amides is 1. The minimum Gasteiger partial charge on any atom is -0.343 e. The SMILES string of the molecule is CN(C)C(=O)c1ccc(Nc2nccc3nc(-c4c(F)cccc4Cl)sc23)nn1. The van der Waals surface area contributed by atoms with Gasteiger partial charge in [-0.1, -0.05) is 17.7 Å². The third-order valence-corrected chi connectivity index (χ3v) is 5.43. The average Bonchev–Trinajstić information content (AvgIpc) is 3.12. The van der Waals surface area contributed by atoms with Gasteiger partial charge < -0.3 is 10.2 Å². The van der Waals surface area contributed by atoms with Gasteiger partial charge in [0.25, 0.3) is 5.91 Å². The van der Waals surface area contributed by atoms with Gasteiger partial charge in [0.15, 0.2) is 17.3 Å². The lowest BCUT2D eigenvalue weighted by Gasteiger charge is -2.09. The van der Waals surface area contributed by atoms with Gasteiger partial charge in [-0.25, -0.2) is 14.4 Å². The maximum Gasteiger partial charge on any atom is 0.273 e. The van der Waals surface area contributed by atoms with Crippen molar-refractivity contribution in [3.05, 3.63) is 59.1 Å². The largest absolute Gasteiger partial charge is 0.343 e.